The van der Waals surface area contributed by atoms with Crippen LogP contribution >= 0.6 is 68.5 Å². The third kappa shape index (κ3) is 6.98. The van der Waals surface area contributed by atoms with Gasteiger partial charge >= 0.3 is 0 Å². The summed E-state index contributed by atoms with van der Waals surface area (Å²) in [5, 5.41) is 2.46. The molecule has 3 amide bonds. The number of ether oxygens (including phenoxy) is 2. The molecule has 0 radical (unpaired) electrons. The summed E-state index contributed by atoms with van der Waals surface area (Å²) in [5.74, 6) is 0.183. The van der Waals surface area contributed by atoms with E-state index in [1.165, 1.54) is 13.2 Å². The first-order valence-corrected chi connectivity index (χ1v) is 14.1. The Labute approximate surface area is 250 Å². The van der Waals surface area contributed by atoms with Gasteiger partial charge in [-0.3, -0.25) is 19.3 Å². The Kier molecular flexibility index (Phi) is 9.37. The van der Waals surface area contributed by atoms with E-state index < -0.39 is 23.6 Å². The van der Waals surface area contributed by atoms with Gasteiger partial charge in [-0.15, -0.1) is 0 Å². The van der Waals surface area contributed by atoms with Crippen LogP contribution in [0.1, 0.15) is 11.1 Å². The van der Waals surface area contributed by atoms with Crippen molar-refractivity contribution in [1.82, 2.24) is 4.90 Å². The van der Waals surface area contributed by atoms with Crippen molar-refractivity contribution in [1.29, 1.82) is 0 Å². The van der Waals surface area contributed by atoms with E-state index in [1.54, 1.807) is 18.2 Å². The van der Waals surface area contributed by atoms with E-state index in [9.17, 15) is 14.4 Å². The average molecular weight is 761 g/mol. The number of nitrogens with zero attached hydrogens (tertiary/aromatic N) is 1. The lowest BCUT2D eigenvalue weighted by Gasteiger charge is -2.13. The minimum atomic E-state index is -0.521. The number of thioether (sulfide) groups is 1. The van der Waals surface area contributed by atoms with Gasteiger partial charge in [0.1, 0.15) is 24.7 Å². The minimum absolute atomic E-state index is 0.245. The number of halogens is 3. The molecule has 1 fully saturated rings. The number of rotatable bonds is 8. The molecule has 1 aliphatic heterocycles. The van der Waals surface area contributed by atoms with Crippen LogP contribution < -0.4 is 14.8 Å². The highest BCUT2D eigenvalue weighted by molar-refractivity contribution is 14.1. The van der Waals surface area contributed by atoms with Crippen molar-refractivity contribution in [3.8, 4) is 11.5 Å². The number of amides is 3. The highest BCUT2D eigenvalue weighted by Gasteiger charge is 2.36. The maximum Gasteiger partial charge on any atom is 0.294 e. The summed E-state index contributed by atoms with van der Waals surface area (Å²) >= 11 is 11.3. The number of methoxy groups -OCH3 is 1. The third-order valence-corrected chi connectivity index (χ3v) is 7.96. The number of imide groups is 1. The highest BCUT2D eigenvalue weighted by atomic mass is 127. The number of anilines is 1. The van der Waals surface area contributed by atoms with Crippen LogP contribution in [0.3, 0.4) is 0 Å². The molecule has 3 aromatic rings. The van der Waals surface area contributed by atoms with E-state index in [1.807, 2.05) is 42.5 Å². The Bertz CT molecular complexity index is 1380. The van der Waals surface area contributed by atoms with E-state index in [-0.39, 0.29) is 4.91 Å². The van der Waals surface area contributed by atoms with Gasteiger partial charge in [0.25, 0.3) is 11.1 Å². The summed E-state index contributed by atoms with van der Waals surface area (Å²) in [7, 11) is 1.49. The Morgan fingerprint density at radius 3 is 2.43 bits per heavy atom. The van der Waals surface area contributed by atoms with Crippen molar-refractivity contribution in [3.63, 3.8) is 0 Å². The lowest BCUT2D eigenvalue weighted by atomic mass is 10.2. The molecule has 1 aliphatic rings. The first kappa shape index (κ1) is 27.7. The Balaban J connectivity index is 1.43. The molecule has 0 atom stereocenters. The van der Waals surface area contributed by atoms with Crippen LogP contribution in [0.4, 0.5) is 10.5 Å². The number of benzene rings is 3. The normalized spacial score (nSPS) is 14.3. The predicted octanol–water partition coefficient (Wildman–Crippen LogP) is 6.81. The van der Waals surface area contributed by atoms with E-state index in [4.69, 9.17) is 21.1 Å². The molecule has 190 valence electrons. The van der Waals surface area contributed by atoms with Crippen LogP contribution in [0.25, 0.3) is 6.08 Å². The molecule has 4 rings (SSSR count). The summed E-state index contributed by atoms with van der Waals surface area (Å²) in [4.78, 5) is 39.1. The average Bonchev–Trinajstić information content (AvgIpc) is 3.11. The second kappa shape index (κ2) is 12.5. The SMILES string of the molecule is COc1ccc(NC(=O)CN2C(=O)S/C(=C/c3cc(I)c(OCc4ccccc4)c(I)c3)C2=O)cc1Cl. The van der Waals surface area contributed by atoms with Crippen LogP contribution in [0.15, 0.2) is 65.6 Å². The van der Waals surface area contributed by atoms with Gasteiger partial charge in [-0.25, -0.2) is 0 Å². The fourth-order valence-electron chi connectivity index (χ4n) is 3.41. The van der Waals surface area contributed by atoms with Gasteiger partial charge in [0, 0.05) is 5.69 Å². The zero-order valence-electron chi connectivity index (χ0n) is 19.3. The van der Waals surface area contributed by atoms with E-state index in [2.05, 4.69) is 50.5 Å². The van der Waals surface area contributed by atoms with Gasteiger partial charge in [0.15, 0.2) is 0 Å². The molecule has 1 N–H and O–H groups in total. The van der Waals surface area contributed by atoms with Crippen LogP contribution in [0.2, 0.25) is 5.02 Å². The summed E-state index contributed by atoms with van der Waals surface area (Å²) in [6, 6.07) is 18.4. The van der Waals surface area contributed by atoms with Crippen LogP contribution in [-0.4, -0.2) is 35.6 Å². The third-order valence-electron chi connectivity index (χ3n) is 5.16. The van der Waals surface area contributed by atoms with Crippen molar-refractivity contribution in [2.75, 3.05) is 19.0 Å². The number of hydrogen-bond donors (Lipinski definition) is 1. The predicted molar refractivity (Wildman–Crippen MR) is 162 cm³/mol. The van der Waals surface area contributed by atoms with E-state index in [0.29, 0.717) is 23.1 Å². The molecule has 0 spiro atoms. The molecule has 0 unspecified atom stereocenters. The first-order valence-electron chi connectivity index (χ1n) is 10.8. The van der Waals surface area contributed by atoms with Gasteiger partial charge in [0.05, 0.1) is 24.2 Å². The molecule has 3 aromatic carbocycles. The fraction of sp³-hybridized carbons (Fsp3) is 0.115. The molecule has 1 heterocycles. The minimum Gasteiger partial charge on any atom is -0.495 e. The Morgan fingerprint density at radius 1 is 1.08 bits per heavy atom. The smallest absolute Gasteiger partial charge is 0.294 e. The molecule has 37 heavy (non-hydrogen) atoms. The number of carbonyl (C=O) groups is 3. The molecular weight excluding hydrogens is 742 g/mol. The summed E-state index contributed by atoms with van der Waals surface area (Å²) in [6.07, 6.45) is 1.65. The molecule has 7 nitrogen and oxygen atoms in total. The van der Waals surface area contributed by atoms with E-state index in [0.717, 1.165) is 40.7 Å². The van der Waals surface area contributed by atoms with Crippen LogP contribution in [0, 0.1) is 7.14 Å². The van der Waals surface area contributed by atoms with Gasteiger partial charge in [-0.05, 0) is 104 Å². The number of hydrogen-bond acceptors (Lipinski definition) is 6. The largest absolute Gasteiger partial charge is 0.495 e. The quantitative estimate of drug-likeness (QED) is 0.201. The lowest BCUT2D eigenvalue weighted by molar-refractivity contribution is -0.127. The van der Waals surface area contributed by atoms with Gasteiger partial charge in [0.2, 0.25) is 5.91 Å². The molecule has 1 saturated heterocycles. The van der Waals surface area contributed by atoms with E-state index >= 15 is 0 Å². The zero-order chi connectivity index (χ0) is 26.5. The van der Waals surface area contributed by atoms with Crippen molar-refractivity contribution in [2.24, 2.45) is 0 Å². The lowest BCUT2D eigenvalue weighted by Crippen LogP contribution is -2.36. The Morgan fingerprint density at radius 2 is 1.78 bits per heavy atom. The maximum atomic E-state index is 12.9. The highest BCUT2D eigenvalue weighted by Crippen LogP contribution is 2.35. The van der Waals surface area contributed by atoms with Crippen LogP contribution in [-0.2, 0) is 16.2 Å². The van der Waals surface area contributed by atoms with Gasteiger partial charge in [-0.1, -0.05) is 41.9 Å². The van der Waals surface area contributed by atoms with Crippen LogP contribution in [0.5, 0.6) is 11.5 Å². The van der Waals surface area contributed by atoms with Gasteiger partial charge in [-0.2, -0.15) is 0 Å². The van der Waals surface area contributed by atoms with Crippen molar-refractivity contribution in [2.45, 2.75) is 6.61 Å². The summed E-state index contributed by atoms with van der Waals surface area (Å²) < 4.78 is 12.9. The Hall–Kier alpha value is -2.29. The maximum absolute atomic E-state index is 12.9. The monoisotopic (exact) mass is 760 g/mol. The second-order valence-corrected chi connectivity index (χ2v) is 11.5. The molecule has 0 saturated carbocycles. The fourth-order valence-corrected chi connectivity index (χ4v) is 6.63. The molecule has 0 bridgehead atoms. The summed E-state index contributed by atoms with van der Waals surface area (Å²) in [6.45, 7) is 0.0306. The van der Waals surface area contributed by atoms with Gasteiger partial charge < -0.3 is 14.8 Å². The molecular formula is C26H19ClI2N2O5S. The first-order chi connectivity index (χ1) is 17.7. The summed E-state index contributed by atoms with van der Waals surface area (Å²) in [5.41, 5.74) is 2.24. The molecule has 0 aliphatic carbocycles. The number of nitrogens with one attached hydrogen (secondary N) is 1. The van der Waals surface area contributed by atoms with Crippen molar-refractivity contribution in [3.05, 3.63) is 88.9 Å². The zero-order valence-corrected chi connectivity index (χ0v) is 25.2. The second-order valence-electron chi connectivity index (χ2n) is 7.75. The van der Waals surface area contributed by atoms with Crippen molar-refractivity contribution < 1.29 is 23.9 Å². The topological polar surface area (TPSA) is 84.9 Å². The van der Waals surface area contributed by atoms with Crippen molar-refractivity contribution >= 4 is 97.4 Å². The standard InChI is InChI=1S/C26H19ClI2N2O5S/c1-35-21-8-7-17(12-18(21)27)30-23(32)13-31-25(33)22(37-26(31)34)11-16-9-19(28)24(20(29)10-16)36-14-15-5-3-2-4-6-15/h2-12H,13-14H2,1H3,(H,30,32)/b22-11+. The number of carbonyl (C=O) groups excluding carboxylic acids is 3. The molecule has 0 aromatic heterocycles. The molecule has 11 heteroatoms.